The summed E-state index contributed by atoms with van der Waals surface area (Å²) >= 11 is 0. The lowest BCUT2D eigenvalue weighted by Crippen LogP contribution is -2.50. The lowest BCUT2D eigenvalue weighted by Gasteiger charge is -2.34. The number of piperazine rings is 1. The van der Waals surface area contributed by atoms with Gasteiger partial charge < -0.3 is 19.1 Å². The molecule has 29 heavy (non-hydrogen) atoms. The normalized spacial score (nSPS) is 18.2. The molecule has 2 aromatic heterocycles. The third-order valence-electron chi connectivity index (χ3n) is 5.74. The van der Waals surface area contributed by atoms with E-state index in [1.54, 1.807) is 21.9 Å². The Kier molecular flexibility index (Phi) is 5.51. The van der Waals surface area contributed by atoms with Crippen molar-refractivity contribution in [2.24, 2.45) is 5.92 Å². The van der Waals surface area contributed by atoms with Crippen molar-refractivity contribution < 1.29 is 14.0 Å². The highest BCUT2D eigenvalue weighted by molar-refractivity contribution is 5.94. The summed E-state index contributed by atoms with van der Waals surface area (Å²) in [7, 11) is 0. The number of hydrogen-bond acceptors (Lipinski definition) is 6. The predicted octanol–water partition coefficient (Wildman–Crippen LogP) is 2.21. The van der Waals surface area contributed by atoms with E-state index in [-0.39, 0.29) is 11.8 Å². The number of aromatic nitrogens is 2. The molecule has 0 N–H and O–H groups in total. The molecule has 4 rings (SSSR count). The van der Waals surface area contributed by atoms with E-state index in [1.165, 1.54) is 6.26 Å². The largest absolute Gasteiger partial charge is 0.459 e. The van der Waals surface area contributed by atoms with Crippen LogP contribution in [0.5, 0.6) is 0 Å². The lowest BCUT2D eigenvalue weighted by molar-refractivity contribution is 0.0515. The fraction of sp³-hybridized carbons (Fsp3) is 0.524. The Hall–Kier alpha value is -2.90. The molecule has 0 spiro atoms. The number of nitrogens with zero attached hydrogens (tertiary/aromatic N) is 5. The first-order chi connectivity index (χ1) is 14.0. The third kappa shape index (κ3) is 4.26. The van der Waals surface area contributed by atoms with Crippen molar-refractivity contribution in [2.75, 3.05) is 44.2 Å². The highest BCUT2D eigenvalue weighted by Gasteiger charge is 2.28. The molecule has 0 bridgehead atoms. The number of piperidine rings is 1. The van der Waals surface area contributed by atoms with Gasteiger partial charge in [0.05, 0.1) is 6.26 Å². The number of furan rings is 1. The highest BCUT2D eigenvalue weighted by atomic mass is 16.3. The minimum Gasteiger partial charge on any atom is -0.459 e. The van der Waals surface area contributed by atoms with Crippen molar-refractivity contribution in [2.45, 2.75) is 26.7 Å². The maximum atomic E-state index is 13.0. The maximum Gasteiger partial charge on any atom is 0.289 e. The molecular formula is C21H27N5O3. The Balaban J connectivity index is 1.41. The van der Waals surface area contributed by atoms with Gasteiger partial charge >= 0.3 is 0 Å². The molecule has 0 atom stereocenters. The molecule has 0 aliphatic carbocycles. The summed E-state index contributed by atoms with van der Waals surface area (Å²) in [6.07, 6.45) is 3.76. The summed E-state index contributed by atoms with van der Waals surface area (Å²) in [5.41, 5.74) is 0.428. The van der Waals surface area contributed by atoms with Gasteiger partial charge in [-0.2, -0.15) is 0 Å². The van der Waals surface area contributed by atoms with Gasteiger partial charge in [-0.1, -0.05) is 6.92 Å². The van der Waals surface area contributed by atoms with Gasteiger partial charge in [-0.05, 0) is 37.8 Å². The zero-order chi connectivity index (χ0) is 20.4. The summed E-state index contributed by atoms with van der Waals surface area (Å²) in [5, 5.41) is 0. The molecule has 4 heterocycles. The van der Waals surface area contributed by atoms with Gasteiger partial charge in [0.15, 0.2) is 5.76 Å². The number of aryl methyl sites for hydroxylation is 1. The minimum absolute atomic E-state index is 0.104. The number of amides is 2. The van der Waals surface area contributed by atoms with Crippen molar-refractivity contribution in [3.05, 3.63) is 41.7 Å². The Morgan fingerprint density at radius 1 is 1.00 bits per heavy atom. The molecule has 0 saturated carbocycles. The Morgan fingerprint density at radius 2 is 1.66 bits per heavy atom. The van der Waals surface area contributed by atoms with Gasteiger partial charge in [-0.15, -0.1) is 0 Å². The highest BCUT2D eigenvalue weighted by Crippen LogP contribution is 2.22. The molecule has 0 aromatic carbocycles. The van der Waals surface area contributed by atoms with Crippen LogP contribution in [0.15, 0.2) is 28.9 Å². The Bertz CT molecular complexity index is 866. The summed E-state index contributed by atoms with van der Waals surface area (Å²) in [6.45, 7) is 7.92. The van der Waals surface area contributed by atoms with E-state index in [4.69, 9.17) is 4.42 Å². The van der Waals surface area contributed by atoms with Crippen LogP contribution in [0, 0.1) is 12.8 Å². The second kappa shape index (κ2) is 8.23. The van der Waals surface area contributed by atoms with E-state index >= 15 is 0 Å². The molecule has 0 radical (unpaired) electrons. The van der Waals surface area contributed by atoms with E-state index in [0.29, 0.717) is 43.5 Å². The van der Waals surface area contributed by atoms with Crippen LogP contribution >= 0.6 is 0 Å². The van der Waals surface area contributed by atoms with E-state index in [0.717, 1.165) is 37.7 Å². The molecule has 0 unspecified atom stereocenters. The number of rotatable bonds is 3. The van der Waals surface area contributed by atoms with E-state index < -0.39 is 0 Å². The summed E-state index contributed by atoms with van der Waals surface area (Å²) in [6, 6.07) is 5.17. The Labute approximate surface area is 170 Å². The molecule has 8 nitrogen and oxygen atoms in total. The second-order valence-corrected chi connectivity index (χ2v) is 7.89. The van der Waals surface area contributed by atoms with Crippen LogP contribution in [0.4, 0.5) is 5.82 Å². The van der Waals surface area contributed by atoms with Gasteiger partial charge in [0.25, 0.3) is 11.8 Å². The van der Waals surface area contributed by atoms with Gasteiger partial charge in [0.2, 0.25) is 0 Å². The fourth-order valence-electron chi connectivity index (χ4n) is 3.89. The Morgan fingerprint density at radius 3 is 2.28 bits per heavy atom. The van der Waals surface area contributed by atoms with E-state index in [2.05, 4.69) is 21.8 Å². The average molecular weight is 397 g/mol. The molecule has 2 amide bonds. The second-order valence-electron chi connectivity index (χ2n) is 7.89. The smallest absolute Gasteiger partial charge is 0.289 e. The monoisotopic (exact) mass is 397 g/mol. The SMILES string of the molecule is Cc1nc(C(=O)N2CCN(C(=O)c3ccco3)CC2)cc(N2CCC(C)CC2)n1. The number of anilines is 1. The van der Waals surface area contributed by atoms with Crippen molar-refractivity contribution in [1.82, 2.24) is 19.8 Å². The standard InChI is InChI=1S/C21H27N5O3/c1-15-5-7-24(8-6-15)19-14-17(22-16(2)23-19)20(27)25-9-11-26(12-10-25)21(28)18-4-3-13-29-18/h3-4,13-15H,5-12H2,1-2H3. The maximum absolute atomic E-state index is 13.0. The molecule has 2 aliphatic rings. The predicted molar refractivity (Wildman–Crippen MR) is 108 cm³/mol. The number of hydrogen-bond donors (Lipinski definition) is 0. The van der Waals surface area contributed by atoms with Crippen LogP contribution < -0.4 is 4.90 Å². The zero-order valence-corrected chi connectivity index (χ0v) is 17.0. The summed E-state index contributed by atoms with van der Waals surface area (Å²) in [5.74, 6) is 2.26. The van der Waals surface area contributed by atoms with Crippen LogP contribution in [0.3, 0.4) is 0 Å². The lowest BCUT2D eigenvalue weighted by atomic mass is 9.99. The van der Waals surface area contributed by atoms with Crippen LogP contribution in [-0.2, 0) is 0 Å². The zero-order valence-electron chi connectivity index (χ0n) is 17.0. The average Bonchev–Trinajstić information content (AvgIpc) is 3.28. The number of carbonyl (C=O) groups excluding carboxylic acids is 2. The van der Waals surface area contributed by atoms with Crippen LogP contribution in [0.25, 0.3) is 0 Å². The molecule has 2 saturated heterocycles. The van der Waals surface area contributed by atoms with Crippen molar-refractivity contribution >= 4 is 17.6 Å². The van der Waals surface area contributed by atoms with Gasteiger partial charge in [-0.3, -0.25) is 9.59 Å². The first kappa shape index (κ1) is 19.4. The fourth-order valence-corrected chi connectivity index (χ4v) is 3.89. The van der Waals surface area contributed by atoms with Gasteiger partial charge in [0, 0.05) is 45.3 Å². The van der Waals surface area contributed by atoms with Gasteiger partial charge in [-0.25, -0.2) is 9.97 Å². The third-order valence-corrected chi connectivity index (χ3v) is 5.74. The molecule has 2 aliphatic heterocycles. The van der Waals surface area contributed by atoms with Crippen LogP contribution in [-0.4, -0.2) is 70.9 Å². The quantitative estimate of drug-likeness (QED) is 0.790. The molecular weight excluding hydrogens is 370 g/mol. The van der Waals surface area contributed by atoms with Crippen LogP contribution in [0.2, 0.25) is 0 Å². The van der Waals surface area contributed by atoms with E-state index in [1.807, 2.05) is 13.0 Å². The van der Waals surface area contributed by atoms with Crippen LogP contribution in [0.1, 0.15) is 46.6 Å². The van der Waals surface area contributed by atoms with Crippen molar-refractivity contribution in [3.8, 4) is 0 Å². The first-order valence-corrected chi connectivity index (χ1v) is 10.2. The van der Waals surface area contributed by atoms with Crippen molar-refractivity contribution in [1.29, 1.82) is 0 Å². The summed E-state index contributed by atoms with van der Waals surface area (Å²) < 4.78 is 5.19. The minimum atomic E-state index is -0.137. The molecule has 2 aromatic rings. The number of carbonyl (C=O) groups is 2. The topological polar surface area (TPSA) is 82.8 Å². The summed E-state index contributed by atoms with van der Waals surface area (Å²) in [4.78, 5) is 40.1. The molecule has 154 valence electrons. The molecule has 8 heteroatoms. The van der Waals surface area contributed by atoms with E-state index in [9.17, 15) is 9.59 Å². The van der Waals surface area contributed by atoms with Gasteiger partial charge in [0.1, 0.15) is 17.3 Å². The first-order valence-electron chi connectivity index (χ1n) is 10.2. The molecule has 2 fully saturated rings. The van der Waals surface area contributed by atoms with Crippen molar-refractivity contribution in [3.63, 3.8) is 0 Å².